The lowest BCUT2D eigenvalue weighted by Crippen LogP contribution is -2.48. The van der Waals surface area contributed by atoms with Crippen molar-refractivity contribution in [2.75, 3.05) is 0 Å². The van der Waals surface area contributed by atoms with Crippen LogP contribution in [0.2, 0.25) is 19.6 Å². The summed E-state index contributed by atoms with van der Waals surface area (Å²) in [4.78, 5) is 12.1. The Kier molecular flexibility index (Phi) is 4.27. The molecule has 3 heteroatoms. The molecule has 0 N–H and O–H groups in total. The smallest absolute Gasteiger partial charge is 0.184 e. The van der Waals surface area contributed by atoms with Crippen LogP contribution in [0.3, 0.4) is 0 Å². The summed E-state index contributed by atoms with van der Waals surface area (Å²) in [6.07, 6.45) is 11.8. The molecule has 7 atom stereocenters. The molecule has 0 aromatic rings. The standard InChI is InChI=1S/C21H36O2Si/c1-21-10-9-18-17-8-6-16(23-24(2,3)4)11-14(17)5-7-19(18)20(21)12-15(22)13-21/h14,16-20H,5-13H2,1-4H3/t14?,16-,17?,18?,19?,20?,21+/m0/s1. The molecule has 136 valence electrons. The van der Waals surface area contributed by atoms with Gasteiger partial charge in [0.25, 0.3) is 0 Å². The maximum atomic E-state index is 12.1. The van der Waals surface area contributed by atoms with Crippen molar-refractivity contribution in [3.63, 3.8) is 0 Å². The predicted molar refractivity (Wildman–Crippen MR) is 100 cm³/mol. The highest BCUT2D eigenvalue weighted by atomic mass is 28.4. The lowest BCUT2D eigenvalue weighted by atomic mass is 9.50. The molecule has 4 fully saturated rings. The second-order valence-corrected chi connectivity index (χ2v) is 15.2. The second-order valence-electron chi connectivity index (χ2n) is 10.7. The Labute approximate surface area is 149 Å². The van der Waals surface area contributed by atoms with Gasteiger partial charge in [0.15, 0.2) is 8.32 Å². The summed E-state index contributed by atoms with van der Waals surface area (Å²) in [5.41, 5.74) is 0.350. The van der Waals surface area contributed by atoms with E-state index in [-0.39, 0.29) is 0 Å². The molecule has 4 saturated carbocycles. The van der Waals surface area contributed by atoms with Gasteiger partial charge in [-0.1, -0.05) is 6.92 Å². The fourth-order valence-electron chi connectivity index (χ4n) is 7.20. The van der Waals surface area contributed by atoms with E-state index < -0.39 is 8.32 Å². The van der Waals surface area contributed by atoms with E-state index >= 15 is 0 Å². The van der Waals surface area contributed by atoms with Crippen LogP contribution in [0.1, 0.15) is 64.7 Å². The van der Waals surface area contributed by atoms with Crippen molar-refractivity contribution < 1.29 is 9.22 Å². The van der Waals surface area contributed by atoms with Gasteiger partial charge in [-0.25, -0.2) is 0 Å². The normalized spacial score (nSPS) is 48.6. The lowest BCUT2D eigenvalue weighted by Gasteiger charge is -2.55. The summed E-state index contributed by atoms with van der Waals surface area (Å²) < 4.78 is 6.46. The van der Waals surface area contributed by atoms with Crippen molar-refractivity contribution >= 4 is 14.1 Å². The minimum absolute atomic E-state index is 0.350. The van der Waals surface area contributed by atoms with Crippen LogP contribution in [-0.2, 0) is 9.22 Å². The molecule has 4 aliphatic carbocycles. The van der Waals surface area contributed by atoms with Gasteiger partial charge < -0.3 is 4.43 Å². The predicted octanol–water partition coefficient (Wildman–Crippen LogP) is 5.43. The Morgan fingerprint density at radius 1 is 1.00 bits per heavy atom. The summed E-state index contributed by atoms with van der Waals surface area (Å²) in [7, 11) is -1.41. The van der Waals surface area contributed by atoms with Gasteiger partial charge in [-0.15, -0.1) is 0 Å². The molecule has 0 aliphatic heterocycles. The molecule has 0 aromatic heterocycles. The summed E-state index contributed by atoms with van der Waals surface area (Å²) in [5.74, 6) is 4.87. The second kappa shape index (κ2) is 5.94. The molecule has 0 saturated heterocycles. The van der Waals surface area contributed by atoms with E-state index in [1.165, 1.54) is 44.9 Å². The number of fused-ring (bicyclic) bond motifs is 5. The summed E-state index contributed by atoms with van der Waals surface area (Å²) in [6, 6.07) is 0. The fourth-order valence-corrected chi connectivity index (χ4v) is 8.41. The van der Waals surface area contributed by atoms with Crippen LogP contribution in [0.15, 0.2) is 0 Å². The number of hydrogen-bond donors (Lipinski definition) is 0. The number of ketones is 1. The molecule has 0 spiro atoms. The van der Waals surface area contributed by atoms with Gasteiger partial charge in [0.2, 0.25) is 0 Å². The van der Waals surface area contributed by atoms with Gasteiger partial charge in [0.05, 0.1) is 0 Å². The maximum absolute atomic E-state index is 12.1. The molecule has 5 unspecified atom stereocenters. The number of carbonyl (C=O) groups is 1. The fraction of sp³-hybridized carbons (Fsp3) is 0.952. The molecule has 0 radical (unpaired) electrons. The topological polar surface area (TPSA) is 26.3 Å². The highest BCUT2D eigenvalue weighted by Gasteiger charge is 2.55. The Hall–Kier alpha value is -0.153. The minimum Gasteiger partial charge on any atom is -0.415 e. The first-order valence-corrected chi connectivity index (χ1v) is 13.9. The van der Waals surface area contributed by atoms with Crippen LogP contribution in [0.4, 0.5) is 0 Å². The molecule has 24 heavy (non-hydrogen) atoms. The first-order valence-electron chi connectivity index (χ1n) is 10.4. The average Bonchev–Trinajstić information content (AvgIpc) is 2.79. The average molecular weight is 349 g/mol. The van der Waals surface area contributed by atoms with Crippen molar-refractivity contribution in [1.29, 1.82) is 0 Å². The van der Waals surface area contributed by atoms with Crippen LogP contribution >= 0.6 is 0 Å². The molecule has 0 amide bonds. The molecular weight excluding hydrogens is 312 g/mol. The van der Waals surface area contributed by atoms with Gasteiger partial charge in [-0.05, 0) is 99.6 Å². The van der Waals surface area contributed by atoms with E-state index in [4.69, 9.17) is 4.43 Å². The summed E-state index contributed by atoms with van der Waals surface area (Å²) >= 11 is 0. The van der Waals surface area contributed by atoms with Gasteiger partial charge >= 0.3 is 0 Å². The van der Waals surface area contributed by atoms with Crippen LogP contribution in [-0.4, -0.2) is 20.2 Å². The molecule has 2 nitrogen and oxygen atoms in total. The highest BCUT2D eigenvalue weighted by Crippen LogP contribution is 2.61. The minimum atomic E-state index is -1.41. The lowest BCUT2D eigenvalue weighted by molar-refractivity contribution is -0.118. The van der Waals surface area contributed by atoms with E-state index in [0.29, 0.717) is 23.2 Å². The zero-order valence-electron chi connectivity index (χ0n) is 16.1. The Bertz CT molecular complexity index is 510. The van der Waals surface area contributed by atoms with Crippen LogP contribution < -0.4 is 0 Å². The monoisotopic (exact) mass is 348 g/mol. The van der Waals surface area contributed by atoms with Crippen LogP contribution in [0.25, 0.3) is 0 Å². The molecular formula is C21H36O2Si. The first kappa shape index (κ1) is 17.3. The number of rotatable bonds is 2. The third kappa shape index (κ3) is 3.04. The van der Waals surface area contributed by atoms with E-state index in [2.05, 4.69) is 26.6 Å². The Morgan fingerprint density at radius 3 is 2.50 bits per heavy atom. The van der Waals surface area contributed by atoms with Crippen LogP contribution in [0.5, 0.6) is 0 Å². The highest BCUT2D eigenvalue weighted by molar-refractivity contribution is 6.69. The van der Waals surface area contributed by atoms with E-state index in [1.54, 1.807) is 0 Å². The largest absolute Gasteiger partial charge is 0.415 e. The van der Waals surface area contributed by atoms with Crippen molar-refractivity contribution in [3.8, 4) is 0 Å². The number of carbonyl (C=O) groups excluding carboxylic acids is 1. The van der Waals surface area contributed by atoms with Crippen molar-refractivity contribution in [3.05, 3.63) is 0 Å². The van der Waals surface area contributed by atoms with Gasteiger partial charge in [0.1, 0.15) is 5.78 Å². The Morgan fingerprint density at radius 2 is 1.75 bits per heavy atom. The number of Topliss-reactive ketones (excluding diaryl/α,β-unsaturated/α-hetero) is 1. The van der Waals surface area contributed by atoms with Gasteiger partial charge in [-0.3, -0.25) is 4.79 Å². The zero-order chi connectivity index (χ0) is 17.1. The summed E-state index contributed by atoms with van der Waals surface area (Å²) in [6.45, 7) is 9.41. The molecule has 0 heterocycles. The Balaban J connectivity index is 1.46. The first-order chi connectivity index (χ1) is 11.3. The molecule has 4 rings (SSSR count). The molecule has 0 aromatic carbocycles. The molecule has 0 bridgehead atoms. The van der Waals surface area contributed by atoms with Gasteiger partial charge in [-0.2, -0.15) is 0 Å². The van der Waals surface area contributed by atoms with Crippen molar-refractivity contribution in [1.82, 2.24) is 0 Å². The van der Waals surface area contributed by atoms with Crippen molar-refractivity contribution in [2.24, 2.45) is 35.0 Å². The van der Waals surface area contributed by atoms with Crippen molar-refractivity contribution in [2.45, 2.75) is 90.5 Å². The van der Waals surface area contributed by atoms with Crippen LogP contribution in [0, 0.1) is 35.0 Å². The van der Waals surface area contributed by atoms with E-state index in [1.807, 2.05) is 0 Å². The van der Waals surface area contributed by atoms with E-state index in [0.717, 1.165) is 36.5 Å². The SMILES string of the molecule is C[C@]12CCC3C4CC[C@H](O[Si](C)(C)C)CC4CCC3C1CC(=O)C2. The third-order valence-electron chi connectivity index (χ3n) is 7.99. The number of hydrogen-bond acceptors (Lipinski definition) is 2. The maximum Gasteiger partial charge on any atom is 0.184 e. The van der Waals surface area contributed by atoms with E-state index in [9.17, 15) is 4.79 Å². The molecule has 4 aliphatic rings. The quantitative estimate of drug-likeness (QED) is 0.622. The summed E-state index contributed by atoms with van der Waals surface area (Å²) in [5, 5.41) is 0. The van der Waals surface area contributed by atoms with Gasteiger partial charge in [0, 0.05) is 18.9 Å². The third-order valence-corrected chi connectivity index (χ3v) is 9.03. The zero-order valence-corrected chi connectivity index (χ0v) is 17.1.